The highest BCUT2D eigenvalue weighted by Crippen LogP contribution is 2.44. The average molecular weight is 423 g/mol. The van der Waals surface area contributed by atoms with E-state index >= 15 is 0 Å². The van der Waals surface area contributed by atoms with Crippen molar-refractivity contribution in [3.8, 4) is 5.75 Å². The number of amides is 1. The second kappa shape index (κ2) is 8.41. The molecule has 1 aliphatic heterocycles. The molecular weight excluding hydrogens is 396 g/mol. The summed E-state index contributed by atoms with van der Waals surface area (Å²) >= 11 is 0. The van der Waals surface area contributed by atoms with Crippen molar-refractivity contribution < 1.29 is 18.6 Å². The number of pyridine rings is 2. The number of hydrogen-bond acceptors (Lipinski definition) is 9. The molecule has 2 atom stereocenters. The number of carbonyl (C=O) groups is 1. The molecule has 11 heteroatoms. The highest BCUT2D eigenvalue weighted by molar-refractivity contribution is 8.24. The molecule has 3 heterocycles. The lowest BCUT2D eigenvalue weighted by Gasteiger charge is -2.43. The van der Waals surface area contributed by atoms with Gasteiger partial charge in [-0.2, -0.15) is 10.6 Å². The first-order chi connectivity index (χ1) is 13.7. The number of carbonyl (C=O) groups excluding carboxylic acids is 1. The quantitative estimate of drug-likeness (QED) is 0.407. The summed E-state index contributed by atoms with van der Waals surface area (Å²) in [6.45, 7) is 1.82. The summed E-state index contributed by atoms with van der Waals surface area (Å²) in [6, 6.07) is 4.56. The van der Waals surface area contributed by atoms with E-state index in [1.165, 1.54) is 6.20 Å². The topological polar surface area (TPSA) is 169 Å². The lowest BCUT2D eigenvalue weighted by Crippen LogP contribution is -2.48. The van der Waals surface area contributed by atoms with E-state index in [4.69, 9.17) is 16.2 Å². The molecule has 0 saturated carbocycles. The Morgan fingerprint density at radius 3 is 2.79 bits per heavy atom. The highest BCUT2D eigenvalue weighted by atomic mass is 32.3. The number of methoxy groups -OCH3 is 1. The third-order valence-electron chi connectivity index (χ3n) is 4.64. The normalized spacial score (nSPS) is 21.8. The summed E-state index contributed by atoms with van der Waals surface area (Å²) in [6.07, 6.45) is 1.97. The number of ether oxygens (including phenoxy) is 1. The lowest BCUT2D eigenvalue weighted by molar-refractivity contribution is 0.0996. The number of nitrogens with zero attached hydrogens (tertiary/aromatic N) is 2. The molecule has 0 aliphatic carbocycles. The van der Waals surface area contributed by atoms with Gasteiger partial charge in [0.1, 0.15) is 11.6 Å². The molecule has 8 N–H and O–H groups in total. The van der Waals surface area contributed by atoms with Crippen molar-refractivity contribution in [1.82, 2.24) is 9.97 Å². The predicted octanol–water partition coefficient (Wildman–Crippen LogP) is 1.90. The average Bonchev–Trinajstić information content (AvgIpc) is 2.64. The van der Waals surface area contributed by atoms with Crippen molar-refractivity contribution in [3.05, 3.63) is 35.8 Å². The zero-order valence-electron chi connectivity index (χ0n) is 16.3. The molecule has 1 amide bonds. The Hall–Kier alpha value is -2.60. The molecule has 0 unspecified atom stereocenters. The van der Waals surface area contributed by atoms with E-state index in [1.807, 2.05) is 6.92 Å². The number of rotatable bonds is 6. The number of aryl methyl sites for hydroxylation is 1. The maximum atomic E-state index is 11.8. The Labute approximate surface area is 170 Å². The SMILES string of the molecule is COc1cc(C)nc(Nc2cc(N[C@@H]3CS(O)(O)CC[C@@H]3N)cnc2C(N)=O)c1. The molecule has 3 rings (SSSR count). The van der Waals surface area contributed by atoms with Crippen LogP contribution in [0.1, 0.15) is 22.6 Å². The number of aromatic nitrogens is 2. The van der Waals surface area contributed by atoms with Crippen LogP contribution >= 0.6 is 10.6 Å². The summed E-state index contributed by atoms with van der Waals surface area (Å²) in [5.41, 5.74) is 13.3. The van der Waals surface area contributed by atoms with Crippen LogP contribution in [0.15, 0.2) is 24.4 Å². The van der Waals surface area contributed by atoms with Crippen LogP contribution in [-0.4, -0.2) is 55.7 Å². The van der Waals surface area contributed by atoms with Gasteiger partial charge in [0.05, 0.1) is 36.5 Å². The molecule has 158 valence electrons. The van der Waals surface area contributed by atoms with E-state index in [9.17, 15) is 13.9 Å². The molecular formula is C18H26N6O4S. The lowest BCUT2D eigenvalue weighted by atomic mass is 10.1. The minimum absolute atomic E-state index is 0.0510. The fraction of sp³-hybridized carbons (Fsp3) is 0.389. The molecule has 2 aromatic rings. The Bertz CT molecular complexity index is 910. The fourth-order valence-corrected chi connectivity index (χ4v) is 4.90. The Morgan fingerprint density at radius 1 is 1.34 bits per heavy atom. The van der Waals surface area contributed by atoms with Crippen LogP contribution in [0.5, 0.6) is 5.75 Å². The van der Waals surface area contributed by atoms with Crippen molar-refractivity contribution in [1.29, 1.82) is 0 Å². The molecule has 0 bridgehead atoms. The summed E-state index contributed by atoms with van der Waals surface area (Å²) in [7, 11) is -1.10. The Kier molecular flexibility index (Phi) is 6.13. The summed E-state index contributed by atoms with van der Waals surface area (Å²) in [4.78, 5) is 20.3. The fourth-order valence-electron chi connectivity index (χ4n) is 3.18. The van der Waals surface area contributed by atoms with E-state index in [0.29, 0.717) is 35.1 Å². The van der Waals surface area contributed by atoms with Crippen LogP contribution in [0.2, 0.25) is 0 Å². The first kappa shape index (κ1) is 21.1. The molecule has 29 heavy (non-hydrogen) atoms. The van der Waals surface area contributed by atoms with Crippen molar-refractivity contribution in [2.45, 2.75) is 25.4 Å². The number of hydrogen-bond donors (Lipinski definition) is 6. The maximum Gasteiger partial charge on any atom is 0.269 e. The predicted molar refractivity (Wildman–Crippen MR) is 114 cm³/mol. The van der Waals surface area contributed by atoms with Crippen LogP contribution in [0.3, 0.4) is 0 Å². The molecule has 1 aliphatic rings. The second-order valence-corrected chi connectivity index (χ2v) is 9.37. The number of anilines is 3. The summed E-state index contributed by atoms with van der Waals surface area (Å²) < 4.78 is 25.3. The Balaban J connectivity index is 1.88. The van der Waals surface area contributed by atoms with E-state index in [-0.39, 0.29) is 23.5 Å². The molecule has 2 aromatic heterocycles. The largest absolute Gasteiger partial charge is 0.497 e. The Morgan fingerprint density at radius 2 is 2.10 bits per heavy atom. The second-order valence-electron chi connectivity index (χ2n) is 7.02. The zero-order chi connectivity index (χ0) is 21.2. The van der Waals surface area contributed by atoms with Gasteiger partial charge < -0.3 is 26.8 Å². The van der Waals surface area contributed by atoms with Crippen molar-refractivity contribution in [2.75, 3.05) is 29.2 Å². The smallest absolute Gasteiger partial charge is 0.269 e. The van der Waals surface area contributed by atoms with Gasteiger partial charge in [-0.05, 0) is 19.4 Å². The van der Waals surface area contributed by atoms with E-state index in [0.717, 1.165) is 5.69 Å². The minimum Gasteiger partial charge on any atom is -0.497 e. The standard InChI is InChI=1S/C18H26N6O4S/c1-10-5-12(28-2)7-16(22-10)24-14-6-11(8-21-17(14)18(20)25)23-15-9-29(26,27)4-3-13(15)19/h5-8,13,15,23,26-27H,3-4,9,19H2,1-2H3,(H2,20,25)(H,22,24)/t13-,15+/m0/s1. The third-order valence-corrected chi connectivity index (χ3v) is 6.42. The molecule has 0 spiro atoms. The molecule has 1 fully saturated rings. The monoisotopic (exact) mass is 422 g/mol. The maximum absolute atomic E-state index is 11.8. The van der Waals surface area contributed by atoms with Gasteiger partial charge in [0.15, 0.2) is 5.69 Å². The van der Waals surface area contributed by atoms with Gasteiger partial charge in [0.25, 0.3) is 5.91 Å². The van der Waals surface area contributed by atoms with Crippen LogP contribution in [0.4, 0.5) is 17.2 Å². The van der Waals surface area contributed by atoms with Crippen LogP contribution < -0.4 is 26.8 Å². The summed E-state index contributed by atoms with van der Waals surface area (Å²) in [5, 5.41) is 6.24. The van der Waals surface area contributed by atoms with Gasteiger partial charge in [0, 0.05) is 29.6 Å². The summed E-state index contributed by atoms with van der Waals surface area (Å²) in [5.74, 6) is 0.847. The molecule has 10 nitrogen and oxygen atoms in total. The van der Waals surface area contributed by atoms with Crippen molar-refractivity contribution in [3.63, 3.8) is 0 Å². The molecule has 1 saturated heterocycles. The number of primary amides is 1. The first-order valence-electron chi connectivity index (χ1n) is 9.02. The van der Waals surface area contributed by atoms with Crippen LogP contribution in [-0.2, 0) is 0 Å². The van der Waals surface area contributed by atoms with Gasteiger partial charge >= 0.3 is 0 Å². The van der Waals surface area contributed by atoms with E-state index in [1.54, 1.807) is 25.3 Å². The van der Waals surface area contributed by atoms with Crippen LogP contribution in [0.25, 0.3) is 0 Å². The minimum atomic E-state index is -2.65. The number of nitrogens with one attached hydrogen (secondary N) is 2. The molecule has 0 aromatic carbocycles. The highest BCUT2D eigenvalue weighted by Gasteiger charge is 2.31. The zero-order valence-corrected chi connectivity index (χ0v) is 17.1. The van der Waals surface area contributed by atoms with Gasteiger partial charge in [0.2, 0.25) is 0 Å². The van der Waals surface area contributed by atoms with Gasteiger partial charge in [-0.3, -0.25) is 13.9 Å². The van der Waals surface area contributed by atoms with Gasteiger partial charge in [-0.15, -0.1) is 0 Å². The van der Waals surface area contributed by atoms with E-state index in [2.05, 4.69) is 20.6 Å². The van der Waals surface area contributed by atoms with Crippen molar-refractivity contribution in [2.24, 2.45) is 11.5 Å². The first-order valence-corrected chi connectivity index (χ1v) is 10.9. The van der Waals surface area contributed by atoms with Crippen molar-refractivity contribution >= 4 is 33.7 Å². The third kappa shape index (κ3) is 5.26. The van der Waals surface area contributed by atoms with Crippen LogP contribution in [0, 0.1) is 6.92 Å². The van der Waals surface area contributed by atoms with Gasteiger partial charge in [-0.1, -0.05) is 0 Å². The molecule has 0 radical (unpaired) electrons. The van der Waals surface area contributed by atoms with Gasteiger partial charge in [-0.25, -0.2) is 9.97 Å². The number of nitrogens with two attached hydrogens (primary N) is 2. The van der Waals surface area contributed by atoms with E-state index < -0.39 is 16.5 Å².